The van der Waals surface area contributed by atoms with Gasteiger partial charge in [0.15, 0.2) is 0 Å². The SMILES string of the molecule is CC1(C)c2ccccc2N(c2cccc(-n3cc(-c4ccccc4)nn3)c2)c2ccccc21. The molecule has 4 nitrogen and oxygen atoms in total. The standard InChI is InChI=1S/C29H24N4/c1-29(2)24-15-6-8-17-27(24)33(28-18-9-7-16-25(28)29)23-14-10-13-22(19-23)32-20-26(30-31-32)21-11-4-3-5-12-21/h3-20H,1-2H3. The molecule has 0 N–H and O–H groups in total. The van der Waals surface area contributed by atoms with Gasteiger partial charge in [-0.3, -0.25) is 0 Å². The molecule has 6 rings (SSSR count). The number of hydrogen-bond acceptors (Lipinski definition) is 3. The topological polar surface area (TPSA) is 34.0 Å². The lowest BCUT2D eigenvalue weighted by Crippen LogP contribution is -2.30. The van der Waals surface area contributed by atoms with Crippen LogP contribution in [0.3, 0.4) is 0 Å². The van der Waals surface area contributed by atoms with Gasteiger partial charge >= 0.3 is 0 Å². The number of anilines is 3. The van der Waals surface area contributed by atoms with Gasteiger partial charge in [0.2, 0.25) is 0 Å². The zero-order valence-corrected chi connectivity index (χ0v) is 18.7. The van der Waals surface area contributed by atoms with Crippen molar-refractivity contribution < 1.29 is 0 Å². The fourth-order valence-electron chi connectivity index (χ4n) is 4.85. The Hall–Kier alpha value is -4.18. The lowest BCUT2D eigenvalue weighted by Gasteiger charge is -2.42. The Bertz CT molecular complexity index is 1400. The molecule has 0 amide bonds. The highest BCUT2D eigenvalue weighted by molar-refractivity contribution is 5.86. The maximum Gasteiger partial charge on any atom is 0.113 e. The summed E-state index contributed by atoms with van der Waals surface area (Å²) in [6.07, 6.45) is 1.98. The molecule has 4 aromatic carbocycles. The normalized spacial score (nSPS) is 13.9. The summed E-state index contributed by atoms with van der Waals surface area (Å²) in [6.45, 7) is 4.61. The second-order valence-electron chi connectivity index (χ2n) is 8.93. The van der Waals surface area contributed by atoms with Crippen molar-refractivity contribution in [2.75, 3.05) is 4.90 Å². The number of aromatic nitrogens is 3. The monoisotopic (exact) mass is 428 g/mol. The van der Waals surface area contributed by atoms with Gasteiger partial charge in [-0.05, 0) is 41.5 Å². The molecule has 0 spiro atoms. The Labute approximate surface area is 193 Å². The van der Waals surface area contributed by atoms with Gasteiger partial charge in [-0.2, -0.15) is 0 Å². The van der Waals surface area contributed by atoms with E-state index in [1.54, 1.807) is 0 Å². The predicted molar refractivity (Wildman–Crippen MR) is 134 cm³/mol. The van der Waals surface area contributed by atoms with Gasteiger partial charge in [0.05, 0.1) is 23.3 Å². The van der Waals surface area contributed by atoms with Gasteiger partial charge in [-0.1, -0.05) is 91.9 Å². The molecular weight excluding hydrogens is 404 g/mol. The Morgan fingerprint density at radius 3 is 1.94 bits per heavy atom. The van der Waals surface area contributed by atoms with Gasteiger partial charge in [-0.25, -0.2) is 4.68 Å². The zero-order chi connectivity index (χ0) is 22.4. The van der Waals surface area contributed by atoms with Crippen molar-refractivity contribution in [2.45, 2.75) is 19.3 Å². The molecule has 1 aromatic heterocycles. The van der Waals surface area contributed by atoms with E-state index in [-0.39, 0.29) is 5.41 Å². The molecule has 0 unspecified atom stereocenters. The van der Waals surface area contributed by atoms with Gasteiger partial charge in [0.25, 0.3) is 0 Å². The van der Waals surface area contributed by atoms with Gasteiger partial charge in [0, 0.05) is 16.7 Å². The third-order valence-corrected chi connectivity index (χ3v) is 6.55. The van der Waals surface area contributed by atoms with Crippen molar-refractivity contribution in [3.63, 3.8) is 0 Å². The highest BCUT2D eigenvalue weighted by Crippen LogP contribution is 2.51. The molecule has 0 saturated heterocycles. The second kappa shape index (κ2) is 7.45. The van der Waals surface area contributed by atoms with E-state index in [2.05, 4.69) is 102 Å². The number of benzene rings is 4. The third-order valence-electron chi connectivity index (χ3n) is 6.55. The van der Waals surface area contributed by atoms with Gasteiger partial charge in [0.1, 0.15) is 5.69 Å². The average molecular weight is 429 g/mol. The quantitative estimate of drug-likeness (QED) is 0.309. The molecule has 160 valence electrons. The van der Waals surface area contributed by atoms with Crippen LogP contribution in [0.2, 0.25) is 0 Å². The van der Waals surface area contributed by atoms with Gasteiger partial charge in [-0.15, -0.1) is 5.10 Å². The summed E-state index contributed by atoms with van der Waals surface area (Å²) in [5.74, 6) is 0. The predicted octanol–water partition coefficient (Wildman–Crippen LogP) is 7.04. The first kappa shape index (κ1) is 19.5. The second-order valence-corrected chi connectivity index (χ2v) is 8.93. The van der Waals surface area contributed by atoms with Crippen LogP contribution in [0, 0.1) is 0 Å². The van der Waals surface area contributed by atoms with E-state index in [0.29, 0.717) is 0 Å². The fraction of sp³-hybridized carbons (Fsp3) is 0.103. The molecule has 0 aliphatic carbocycles. The molecule has 0 atom stereocenters. The summed E-state index contributed by atoms with van der Waals surface area (Å²) in [5, 5.41) is 8.80. The maximum absolute atomic E-state index is 4.41. The number of rotatable bonds is 3. The molecular formula is C29H24N4. The molecule has 4 heteroatoms. The molecule has 2 heterocycles. The summed E-state index contributed by atoms with van der Waals surface area (Å²) in [7, 11) is 0. The first-order valence-corrected chi connectivity index (χ1v) is 11.2. The number of para-hydroxylation sites is 2. The Morgan fingerprint density at radius 1 is 0.636 bits per heavy atom. The molecule has 33 heavy (non-hydrogen) atoms. The summed E-state index contributed by atoms with van der Waals surface area (Å²) in [6, 6.07) is 36.0. The number of fused-ring (bicyclic) bond motifs is 2. The largest absolute Gasteiger partial charge is 0.310 e. The van der Waals surface area contributed by atoms with E-state index in [4.69, 9.17) is 0 Å². The lowest BCUT2D eigenvalue weighted by molar-refractivity contribution is 0.632. The van der Waals surface area contributed by atoms with Crippen LogP contribution in [0.5, 0.6) is 0 Å². The Kier molecular flexibility index (Phi) is 4.40. The van der Waals surface area contributed by atoms with Crippen LogP contribution in [0.4, 0.5) is 17.1 Å². The molecule has 0 radical (unpaired) electrons. The van der Waals surface area contributed by atoms with Crippen LogP contribution in [0.1, 0.15) is 25.0 Å². The first-order chi connectivity index (χ1) is 16.1. The van der Waals surface area contributed by atoms with E-state index in [9.17, 15) is 0 Å². The summed E-state index contributed by atoms with van der Waals surface area (Å²) in [5.41, 5.74) is 8.97. The van der Waals surface area contributed by atoms with Crippen LogP contribution < -0.4 is 4.90 Å². The van der Waals surface area contributed by atoms with E-state index >= 15 is 0 Å². The minimum absolute atomic E-state index is 0.0716. The molecule has 0 bridgehead atoms. The third kappa shape index (κ3) is 3.14. The Morgan fingerprint density at radius 2 is 1.24 bits per heavy atom. The Balaban J connectivity index is 1.47. The molecule has 1 aliphatic rings. The van der Waals surface area contributed by atoms with Crippen molar-refractivity contribution in [2.24, 2.45) is 0 Å². The molecule has 1 aliphatic heterocycles. The summed E-state index contributed by atoms with van der Waals surface area (Å²) in [4.78, 5) is 2.36. The molecule has 0 fully saturated rings. The lowest BCUT2D eigenvalue weighted by atomic mass is 9.73. The minimum atomic E-state index is -0.0716. The van der Waals surface area contributed by atoms with Crippen LogP contribution >= 0.6 is 0 Å². The summed E-state index contributed by atoms with van der Waals surface area (Å²) < 4.78 is 1.84. The summed E-state index contributed by atoms with van der Waals surface area (Å²) >= 11 is 0. The number of nitrogens with zero attached hydrogens (tertiary/aromatic N) is 4. The van der Waals surface area contributed by atoms with E-state index in [0.717, 1.165) is 22.6 Å². The first-order valence-electron chi connectivity index (χ1n) is 11.2. The van der Waals surface area contributed by atoms with E-state index in [1.807, 2.05) is 41.2 Å². The van der Waals surface area contributed by atoms with Crippen LogP contribution in [-0.2, 0) is 5.41 Å². The highest BCUT2D eigenvalue weighted by Gasteiger charge is 2.36. The highest BCUT2D eigenvalue weighted by atomic mass is 15.4. The number of hydrogen-bond donors (Lipinski definition) is 0. The maximum atomic E-state index is 4.41. The zero-order valence-electron chi connectivity index (χ0n) is 18.7. The van der Waals surface area contributed by atoms with E-state index < -0.39 is 0 Å². The van der Waals surface area contributed by atoms with Crippen LogP contribution in [0.15, 0.2) is 109 Å². The van der Waals surface area contributed by atoms with Crippen LogP contribution in [-0.4, -0.2) is 15.0 Å². The van der Waals surface area contributed by atoms with Gasteiger partial charge < -0.3 is 4.90 Å². The fourth-order valence-corrected chi connectivity index (χ4v) is 4.85. The van der Waals surface area contributed by atoms with Crippen LogP contribution in [0.25, 0.3) is 16.9 Å². The van der Waals surface area contributed by atoms with E-state index in [1.165, 1.54) is 22.5 Å². The van der Waals surface area contributed by atoms with Crippen molar-refractivity contribution in [3.05, 3.63) is 120 Å². The average Bonchev–Trinajstić information content (AvgIpc) is 3.36. The molecule has 0 saturated carbocycles. The van der Waals surface area contributed by atoms with Crippen molar-refractivity contribution in [3.8, 4) is 16.9 Å². The smallest absolute Gasteiger partial charge is 0.113 e. The molecule has 5 aromatic rings. The van der Waals surface area contributed by atoms with Crippen molar-refractivity contribution >= 4 is 17.1 Å². The van der Waals surface area contributed by atoms with Crippen molar-refractivity contribution in [1.29, 1.82) is 0 Å². The minimum Gasteiger partial charge on any atom is -0.310 e. The van der Waals surface area contributed by atoms with Crippen molar-refractivity contribution in [1.82, 2.24) is 15.0 Å².